The second-order valence-corrected chi connectivity index (χ2v) is 45.3. The van der Waals surface area contributed by atoms with Gasteiger partial charge in [0, 0.05) is 115 Å². The van der Waals surface area contributed by atoms with Crippen LogP contribution in [0, 0.1) is 0 Å². The molecule has 0 fully saturated rings. The average molecular weight is 2160 g/mol. The molecule has 0 aliphatic heterocycles. The lowest BCUT2D eigenvalue weighted by Crippen LogP contribution is -2.31. The lowest BCUT2D eigenvalue weighted by Gasteiger charge is -2.23. The summed E-state index contributed by atoms with van der Waals surface area (Å²) >= 11 is 4.18. The molecule has 0 spiro atoms. The topological polar surface area (TPSA) is 228 Å². The Labute approximate surface area is 930 Å². The van der Waals surface area contributed by atoms with Crippen LogP contribution >= 0.6 is 35.3 Å². The molecule has 0 unspecified atom stereocenters. The van der Waals surface area contributed by atoms with E-state index < -0.39 is 0 Å². The zero-order valence-electron chi connectivity index (χ0n) is 99.3. The number of amides is 3. The number of nitrogens with zero attached hydrogens (tertiary/aromatic N) is 6. The molecule has 872 valence electrons. The summed E-state index contributed by atoms with van der Waals surface area (Å²) < 4.78 is 33.9. The first-order valence-corrected chi connectivity index (χ1v) is 64.5. The van der Waals surface area contributed by atoms with Crippen molar-refractivity contribution in [3.05, 3.63) is 60.8 Å². The van der Waals surface area contributed by atoms with Crippen molar-refractivity contribution in [2.45, 2.75) is 549 Å². The first-order valence-electron chi connectivity index (χ1n) is 61.5. The summed E-state index contributed by atoms with van der Waals surface area (Å²) in [6.45, 7) is 27.9. The fraction of sp³-hybridized carbons (Fsp3) is 0.848. The molecule has 21 nitrogen and oxygen atoms in total. The Morgan fingerprint density at radius 2 is 0.389 bits per heavy atom. The van der Waals surface area contributed by atoms with Gasteiger partial charge in [-0.15, -0.1) is 0 Å². The molecule has 0 saturated heterocycles. The Morgan fingerprint density at radius 3 is 0.638 bits per heavy atom. The number of carbonyl (C=O) groups excluding carboxylic acids is 9. The maximum absolute atomic E-state index is 13.1. The molecule has 0 aliphatic rings. The van der Waals surface area contributed by atoms with Gasteiger partial charge in [-0.1, -0.05) is 383 Å². The smallest absolute Gasteiger partial charge is 0.306 e. The van der Waals surface area contributed by atoms with Crippen molar-refractivity contribution in [2.75, 3.05) is 138 Å². The SMILES string of the molecule is CCC/C=C/CCC(CC/C=C/CCC)OC(=O)CCCCCN(CCCCCC(=O)OC/C=C\CCCCCC)C(=O)SCCN(C)C.CCCCCC/C=C\COC(=O)CCCCCCN(CCCCCCC(=O)OC(CCCCCC)CCCCCC)C(=O)SCCN(C)C.CCCCCC/C=C\COC(=O)CCCCCN(CCCCCC(=O)OC(CCCCCCCC)CCCCCCCC)C(=O)SCCN(C)C. The van der Waals surface area contributed by atoms with Crippen molar-refractivity contribution in [3.8, 4) is 0 Å². The zero-order valence-corrected chi connectivity index (χ0v) is 102. The number of unbranched alkanes of at least 4 members (excludes halogenated alkanes) is 44. The summed E-state index contributed by atoms with van der Waals surface area (Å²) in [7, 11) is 12.1. The van der Waals surface area contributed by atoms with E-state index in [-0.39, 0.29) is 69.8 Å². The average Bonchev–Trinajstić information content (AvgIpc) is 0.952. The third kappa shape index (κ3) is 112. The quantitative estimate of drug-likeness (QED) is 0.0238. The highest BCUT2D eigenvalue weighted by atomic mass is 32.2. The first-order chi connectivity index (χ1) is 72.5. The summed E-state index contributed by atoms with van der Waals surface area (Å²) in [5, 5.41) is 0.409. The van der Waals surface area contributed by atoms with Gasteiger partial charge < -0.3 is 57.8 Å². The second-order valence-electron chi connectivity index (χ2n) is 42.1. The Hall–Kier alpha value is -5.14. The molecule has 0 atom stereocenters. The van der Waals surface area contributed by atoms with Crippen LogP contribution in [0.25, 0.3) is 0 Å². The minimum Gasteiger partial charge on any atom is -0.462 e. The maximum Gasteiger partial charge on any atom is 0.306 e. The van der Waals surface area contributed by atoms with Crippen molar-refractivity contribution in [1.82, 2.24) is 29.4 Å². The Balaban J connectivity index is -0.00000215. The van der Waals surface area contributed by atoms with Gasteiger partial charge in [-0.3, -0.25) is 43.2 Å². The van der Waals surface area contributed by atoms with Gasteiger partial charge in [-0.2, -0.15) is 0 Å². The van der Waals surface area contributed by atoms with Crippen LogP contribution < -0.4 is 0 Å². The van der Waals surface area contributed by atoms with E-state index in [0.29, 0.717) is 84.5 Å². The van der Waals surface area contributed by atoms with Gasteiger partial charge in [0.25, 0.3) is 15.7 Å². The van der Waals surface area contributed by atoms with Gasteiger partial charge in [0.05, 0.1) is 0 Å². The van der Waals surface area contributed by atoms with Gasteiger partial charge in [0.1, 0.15) is 38.1 Å². The summed E-state index contributed by atoms with van der Waals surface area (Å²) in [6, 6.07) is 0. The number of rotatable bonds is 105. The number of esters is 6. The van der Waals surface area contributed by atoms with E-state index in [4.69, 9.17) is 28.4 Å². The predicted molar refractivity (Wildman–Crippen MR) is 640 cm³/mol. The van der Waals surface area contributed by atoms with E-state index >= 15 is 0 Å². The van der Waals surface area contributed by atoms with E-state index in [1.54, 1.807) is 0 Å². The number of ether oxygens (including phenoxy) is 6. The van der Waals surface area contributed by atoms with Crippen molar-refractivity contribution in [3.63, 3.8) is 0 Å². The highest BCUT2D eigenvalue weighted by Crippen LogP contribution is 2.25. The highest BCUT2D eigenvalue weighted by molar-refractivity contribution is 8.14. The summed E-state index contributed by atoms with van der Waals surface area (Å²) in [5.41, 5.74) is 0. The Morgan fingerprint density at radius 1 is 0.195 bits per heavy atom. The molecule has 0 rings (SSSR count). The van der Waals surface area contributed by atoms with Crippen LogP contribution in [0.1, 0.15) is 531 Å². The van der Waals surface area contributed by atoms with Crippen molar-refractivity contribution < 1.29 is 71.6 Å². The van der Waals surface area contributed by atoms with Crippen molar-refractivity contribution in [1.29, 1.82) is 0 Å². The Kier molecular flexibility index (Phi) is 118. The van der Waals surface area contributed by atoms with Crippen LogP contribution in [-0.4, -0.2) is 238 Å². The minimum absolute atomic E-state index is 0.0386. The molecule has 3 amide bonds. The molecule has 149 heavy (non-hydrogen) atoms. The molecule has 0 aromatic heterocycles. The fourth-order valence-electron chi connectivity index (χ4n) is 17.0. The van der Waals surface area contributed by atoms with Crippen LogP contribution in [0.4, 0.5) is 14.4 Å². The van der Waals surface area contributed by atoms with E-state index in [1.807, 2.05) is 75.2 Å². The summed E-state index contributed by atoms with van der Waals surface area (Å²) in [5.74, 6) is 1.70. The second kappa shape index (κ2) is 118. The van der Waals surface area contributed by atoms with Gasteiger partial charge >= 0.3 is 35.8 Å². The zero-order chi connectivity index (χ0) is 110. The molecule has 24 heteroatoms. The third-order valence-electron chi connectivity index (χ3n) is 26.6. The fourth-order valence-corrected chi connectivity index (χ4v) is 20.0. The lowest BCUT2D eigenvalue weighted by atomic mass is 10.0. The van der Waals surface area contributed by atoms with E-state index in [9.17, 15) is 43.2 Å². The first kappa shape index (κ1) is 148. The van der Waals surface area contributed by atoms with Crippen LogP contribution in [0.5, 0.6) is 0 Å². The molecule has 0 N–H and O–H groups in total. The van der Waals surface area contributed by atoms with Gasteiger partial charge in [-0.25, -0.2) is 0 Å². The van der Waals surface area contributed by atoms with Gasteiger partial charge in [0.15, 0.2) is 0 Å². The van der Waals surface area contributed by atoms with Crippen LogP contribution in [-0.2, 0) is 57.2 Å². The Bertz CT molecular complexity index is 3130. The molecule has 0 aromatic carbocycles. The summed E-state index contributed by atoms with van der Waals surface area (Å²) in [4.78, 5) is 126. The van der Waals surface area contributed by atoms with E-state index in [0.717, 1.165) is 300 Å². The lowest BCUT2D eigenvalue weighted by molar-refractivity contribution is -0.151. The minimum atomic E-state index is -0.153. The molecular formula is C125H234N6O15S3. The molecule has 0 heterocycles. The molecule has 0 saturated carbocycles. The van der Waals surface area contributed by atoms with Crippen LogP contribution in [0.3, 0.4) is 0 Å². The van der Waals surface area contributed by atoms with E-state index in [1.165, 1.54) is 215 Å². The molecule has 0 aromatic rings. The van der Waals surface area contributed by atoms with Crippen molar-refractivity contribution in [2.24, 2.45) is 0 Å². The summed E-state index contributed by atoms with van der Waals surface area (Å²) in [6.07, 6.45) is 96.4. The number of hydrogen-bond acceptors (Lipinski definition) is 21. The van der Waals surface area contributed by atoms with Gasteiger partial charge in [-0.05, 0) is 248 Å². The molecule has 0 aliphatic carbocycles. The van der Waals surface area contributed by atoms with E-state index in [2.05, 4.69) is 120 Å². The van der Waals surface area contributed by atoms with Crippen molar-refractivity contribution >= 4 is 86.8 Å². The molecule has 0 bridgehead atoms. The number of carbonyl (C=O) groups is 9. The normalized spacial score (nSPS) is 11.7. The third-order valence-corrected chi connectivity index (χ3v) is 29.3. The number of allylic oxidation sites excluding steroid dienone is 7. The number of hydrogen-bond donors (Lipinski definition) is 0. The van der Waals surface area contributed by atoms with Crippen LogP contribution in [0.15, 0.2) is 60.8 Å². The number of thioether (sulfide) groups is 3. The standard InChI is InChI=1S/C43H82N2O5S.C41H78N2O5S.C41H74N2O5S/c1-6-9-12-15-18-21-30-38-49-41(46)33-26-22-28-35-45(43(48)51-39-37-44(4)5)36-29-23-27-34-42(47)50-40(31-24-19-16-13-10-7-2)32-25-20-17-14-11-8-3;1-6-9-12-15-16-21-28-36-47-39(44)31-24-17-19-26-33-43(41(46)49-37-35-42(4)5)34-27-20-18-25-32-40(45)48-38(29-22-13-10-7-2)30-23-14-11-8-3;1-6-9-12-15-16-19-28-36-47-39(44)31-24-20-26-33-43(41(46)49-37-35-42(4)5)34-27-21-25-32-40(45)48-38(29-22-17-13-10-7-2)30-23-18-14-11-8-3/h21,30,40H,6-20,22-29,31-39H2,1-5H3;21,28,38H,6-20,22-27,29-37H2,1-5H3;13-14,17-19,28,38H,6-12,15-16,20-27,29-37H2,1-5H3/b30-21-;28-21-;17-13+,18-14+,28-19-. The largest absolute Gasteiger partial charge is 0.462 e. The molecule has 0 radical (unpaired) electrons. The maximum atomic E-state index is 13.1. The molecular weight excluding hydrogens is 1920 g/mol. The monoisotopic (exact) mass is 2160 g/mol. The van der Waals surface area contributed by atoms with Gasteiger partial charge in [0.2, 0.25) is 0 Å². The van der Waals surface area contributed by atoms with Crippen LogP contribution in [0.2, 0.25) is 0 Å². The highest BCUT2D eigenvalue weighted by Gasteiger charge is 2.22. The predicted octanol–water partition coefficient (Wildman–Crippen LogP) is 34.9.